The summed E-state index contributed by atoms with van der Waals surface area (Å²) in [5.41, 5.74) is 2.44. The van der Waals surface area contributed by atoms with Gasteiger partial charge in [0.15, 0.2) is 0 Å². The minimum absolute atomic E-state index is 1.08. The molecule has 0 nitrogen and oxygen atoms in total. The monoisotopic (exact) mass is 446 g/mol. The molecule has 0 saturated heterocycles. The van der Waals surface area contributed by atoms with Crippen LogP contribution in [-0.4, -0.2) is 0 Å². The summed E-state index contributed by atoms with van der Waals surface area (Å²) >= 11 is 2.36. The fourth-order valence-corrected chi connectivity index (χ4v) is 3.90. The zero-order valence-electron chi connectivity index (χ0n) is 14.7. The van der Waals surface area contributed by atoms with E-state index in [1.165, 1.54) is 41.5 Å². The third-order valence-electron chi connectivity index (χ3n) is 4.83. The van der Waals surface area contributed by atoms with Crippen LogP contribution >= 0.6 is 22.6 Å². The van der Waals surface area contributed by atoms with E-state index in [4.69, 9.17) is 0 Å². The van der Waals surface area contributed by atoms with Crippen molar-refractivity contribution in [3.05, 3.63) is 98.4 Å². The summed E-state index contributed by atoms with van der Waals surface area (Å²) in [7, 11) is 0. The van der Waals surface area contributed by atoms with Crippen molar-refractivity contribution in [3.63, 3.8) is 0 Å². The molecule has 0 N–H and O–H groups in total. The molecule has 0 aliphatic carbocycles. The highest BCUT2D eigenvalue weighted by atomic mass is 127. The van der Waals surface area contributed by atoms with E-state index in [9.17, 15) is 0 Å². The van der Waals surface area contributed by atoms with Crippen LogP contribution in [0.4, 0.5) is 0 Å². The van der Waals surface area contributed by atoms with Crippen LogP contribution in [0.1, 0.15) is 12.5 Å². The normalized spacial score (nSPS) is 12.8. The molecule has 0 aromatic heterocycles. The summed E-state index contributed by atoms with van der Waals surface area (Å²) in [6.45, 7) is 6.42. The second-order valence-electron chi connectivity index (χ2n) is 6.45. The van der Waals surface area contributed by atoms with Crippen LogP contribution in [0.2, 0.25) is 0 Å². The van der Waals surface area contributed by atoms with Crippen molar-refractivity contribution >= 4 is 62.4 Å². The lowest BCUT2D eigenvalue weighted by Gasteiger charge is -2.06. The number of hydrogen-bond donors (Lipinski definition) is 0. The zero-order valence-corrected chi connectivity index (χ0v) is 16.8. The van der Waals surface area contributed by atoms with E-state index < -0.39 is 0 Å². The van der Waals surface area contributed by atoms with Gasteiger partial charge >= 0.3 is 0 Å². The van der Waals surface area contributed by atoms with Gasteiger partial charge in [0.05, 0.1) is 0 Å². The van der Waals surface area contributed by atoms with Gasteiger partial charge in [0, 0.05) is 3.57 Å². The van der Waals surface area contributed by atoms with E-state index in [0.29, 0.717) is 0 Å². The second kappa shape index (κ2) is 7.08. The predicted octanol–water partition coefficient (Wildman–Crippen LogP) is 5.89. The van der Waals surface area contributed by atoms with E-state index in [-0.39, 0.29) is 0 Å². The predicted molar refractivity (Wildman–Crippen MR) is 124 cm³/mol. The summed E-state index contributed by atoms with van der Waals surface area (Å²) in [5.74, 6) is 0. The van der Waals surface area contributed by atoms with Gasteiger partial charge in [-0.15, -0.1) is 0 Å². The number of halogens is 1. The second-order valence-corrected chi connectivity index (χ2v) is 7.69. The van der Waals surface area contributed by atoms with E-state index >= 15 is 0 Å². The molecule has 0 unspecified atom stereocenters. The molecule has 0 saturated carbocycles. The molecule has 0 atom stereocenters. The highest BCUT2D eigenvalue weighted by Gasteiger charge is 2.02. The van der Waals surface area contributed by atoms with Gasteiger partial charge in [0.25, 0.3) is 0 Å². The average molecular weight is 446 g/mol. The minimum Gasteiger partial charge on any atom is -0.0905 e. The fourth-order valence-electron chi connectivity index (χ4n) is 3.39. The smallest absolute Gasteiger partial charge is 0.0136 e. The Balaban J connectivity index is 1.86. The first-order valence-corrected chi connectivity index (χ1v) is 9.78. The first kappa shape index (κ1) is 17.0. The Morgan fingerprint density at radius 3 is 2.42 bits per heavy atom. The third kappa shape index (κ3) is 3.19. The lowest BCUT2D eigenvalue weighted by atomic mass is 9.99. The van der Waals surface area contributed by atoms with E-state index in [2.05, 4.69) is 121 Å². The van der Waals surface area contributed by atoms with E-state index in [1.54, 1.807) is 0 Å². The molecule has 4 rings (SSSR count). The van der Waals surface area contributed by atoms with Gasteiger partial charge in [-0.05, 0) is 96.9 Å². The molecule has 126 valence electrons. The molecule has 1 heteroatoms. The third-order valence-corrected chi connectivity index (χ3v) is 5.51. The SMILES string of the molecule is C=c1/c(=C\C(=C/C)c2ccc3cc(I)ccc3c2)ccc2ccccc12. The molecule has 0 aliphatic heterocycles. The Morgan fingerprint density at radius 2 is 1.58 bits per heavy atom. The minimum atomic E-state index is 1.08. The highest BCUT2D eigenvalue weighted by Crippen LogP contribution is 2.23. The largest absolute Gasteiger partial charge is 0.0905 e. The number of hydrogen-bond acceptors (Lipinski definition) is 0. The first-order valence-electron chi connectivity index (χ1n) is 8.70. The van der Waals surface area contributed by atoms with Gasteiger partial charge in [0.2, 0.25) is 0 Å². The van der Waals surface area contributed by atoms with Crippen molar-refractivity contribution < 1.29 is 0 Å². The Morgan fingerprint density at radius 1 is 0.846 bits per heavy atom. The van der Waals surface area contributed by atoms with Crippen LogP contribution in [-0.2, 0) is 0 Å². The van der Waals surface area contributed by atoms with Crippen molar-refractivity contribution in [2.75, 3.05) is 0 Å². The molecular weight excluding hydrogens is 427 g/mol. The molecule has 0 aliphatic rings. The number of rotatable bonds is 2. The maximum atomic E-state index is 4.33. The van der Waals surface area contributed by atoms with E-state index in [0.717, 1.165) is 5.22 Å². The van der Waals surface area contributed by atoms with Crippen LogP contribution in [0.3, 0.4) is 0 Å². The molecule has 0 heterocycles. The summed E-state index contributed by atoms with van der Waals surface area (Å²) in [6.07, 6.45) is 4.41. The summed E-state index contributed by atoms with van der Waals surface area (Å²) in [4.78, 5) is 0. The lowest BCUT2D eigenvalue weighted by molar-refractivity contribution is 1.58. The zero-order chi connectivity index (χ0) is 18.1. The van der Waals surface area contributed by atoms with Gasteiger partial charge in [-0.25, -0.2) is 0 Å². The number of allylic oxidation sites excluding steroid dienone is 2. The fraction of sp³-hybridized carbons (Fsp3) is 0.0400. The molecule has 0 radical (unpaired) electrons. The lowest BCUT2D eigenvalue weighted by Crippen LogP contribution is -2.23. The van der Waals surface area contributed by atoms with Crippen molar-refractivity contribution in [2.45, 2.75) is 6.92 Å². The molecule has 0 spiro atoms. The maximum Gasteiger partial charge on any atom is 0.0136 e. The standard InChI is InChI=1S/C25H19I/c1-3-18(21-10-11-23-16-24(26)13-12-22(23)15-21)14-20-9-8-19-6-4-5-7-25(19)17(20)2/h3-16H,2H2,1H3/b18-3+,20-14-. The quantitative estimate of drug-likeness (QED) is 0.337. The summed E-state index contributed by atoms with van der Waals surface area (Å²) in [6, 6.07) is 26.0. The van der Waals surface area contributed by atoms with Crippen LogP contribution in [0.25, 0.3) is 39.8 Å². The van der Waals surface area contributed by atoms with Crippen LogP contribution in [0.5, 0.6) is 0 Å². The summed E-state index contributed by atoms with van der Waals surface area (Å²) in [5, 5.41) is 7.24. The van der Waals surface area contributed by atoms with Gasteiger partial charge in [-0.1, -0.05) is 67.3 Å². The Hall–Kier alpha value is -2.39. The first-order chi connectivity index (χ1) is 12.7. The Bertz CT molecular complexity index is 1260. The van der Waals surface area contributed by atoms with Crippen molar-refractivity contribution in [2.24, 2.45) is 0 Å². The molecule has 4 aromatic carbocycles. The highest BCUT2D eigenvalue weighted by molar-refractivity contribution is 14.1. The average Bonchev–Trinajstić information content (AvgIpc) is 2.67. The molecule has 4 aromatic rings. The van der Waals surface area contributed by atoms with Gasteiger partial charge < -0.3 is 0 Å². The summed E-state index contributed by atoms with van der Waals surface area (Å²) < 4.78 is 1.26. The molecule has 26 heavy (non-hydrogen) atoms. The molecular formula is C25H19I. The van der Waals surface area contributed by atoms with Crippen molar-refractivity contribution in [1.82, 2.24) is 0 Å². The molecule has 0 amide bonds. The van der Waals surface area contributed by atoms with Crippen molar-refractivity contribution in [1.29, 1.82) is 0 Å². The topological polar surface area (TPSA) is 0 Å². The van der Waals surface area contributed by atoms with Crippen LogP contribution in [0, 0.1) is 3.57 Å². The van der Waals surface area contributed by atoms with Gasteiger partial charge in [-0.3, -0.25) is 0 Å². The molecule has 0 fully saturated rings. The van der Waals surface area contributed by atoms with Gasteiger partial charge in [0.1, 0.15) is 0 Å². The number of fused-ring (bicyclic) bond motifs is 2. The van der Waals surface area contributed by atoms with E-state index in [1.807, 2.05) is 0 Å². The number of benzene rings is 4. The maximum absolute atomic E-state index is 4.33. The molecule has 0 bridgehead atoms. The Kier molecular flexibility index (Phi) is 4.64. The Labute approximate surface area is 167 Å². The van der Waals surface area contributed by atoms with Gasteiger partial charge in [-0.2, -0.15) is 0 Å². The van der Waals surface area contributed by atoms with Crippen molar-refractivity contribution in [3.8, 4) is 0 Å². The van der Waals surface area contributed by atoms with Crippen LogP contribution < -0.4 is 10.4 Å². The van der Waals surface area contributed by atoms with Crippen LogP contribution in [0.15, 0.2) is 78.9 Å².